The number of benzene rings is 4. The van der Waals surface area contributed by atoms with Gasteiger partial charge in [-0.15, -0.1) is 23.1 Å². The van der Waals surface area contributed by atoms with E-state index in [9.17, 15) is 9.59 Å². The van der Waals surface area contributed by atoms with E-state index in [1.165, 1.54) is 23.1 Å². The van der Waals surface area contributed by atoms with Gasteiger partial charge in [-0.25, -0.2) is 4.98 Å². The first kappa shape index (κ1) is 27.2. The summed E-state index contributed by atoms with van der Waals surface area (Å²) >= 11 is 2.82. The molecule has 8 heteroatoms. The minimum atomic E-state index is -0.498. The highest BCUT2D eigenvalue weighted by atomic mass is 32.2. The summed E-state index contributed by atoms with van der Waals surface area (Å²) < 4.78 is 5.23. The molecule has 0 spiro atoms. The highest BCUT2D eigenvalue weighted by Gasteiger charge is 2.23. The first-order chi connectivity index (χ1) is 19.5. The number of nitrogens with zero attached hydrogens (tertiary/aromatic N) is 1. The van der Waals surface area contributed by atoms with Crippen molar-refractivity contribution < 1.29 is 14.3 Å². The predicted octanol–water partition coefficient (Wildman–Crippen LogP) is 7.85. The number of anilines is 2. The van der Waals surface area contributed by atoms with Crippen molar-refractivity contribution >= 4 is 45.7 Å². The smallest absolute Gasteiger partial charge is 0.255 e. The first-order valence-electron chi connectivity index (χ1n) is 12.6. The van der Waals surface area contributed by atoms with Gasteiger partial charge < -0.3 is 15.4 Å². The number of methoxy groups -OCH3 is 1. The molecule has 5 rings (SSSR count). The van der Waals surface area contributed by atoms with E-state index in [-0.39, 0.29) is 11.8 Å². The Hall–Kier alpha value is -4.40. The van der Waals surface area contributed by atoms with Gasteiger partial charge >= 0.3 is 0 Å². The average molecular weight is 566 g/mol. The molecule has 0 fully saturated rings. The van der Waals surface area contributed by atoms with Crippen LogP contribution in [-0.2, 0) is 4.79 Å². The number of carbonyl (C=O) groups excluding carboxylic acids is 2. The molecule has 0 aliphatic rings. The fourth-order valence-electron chi connectivity index (χ4n) is 3.96. The monoisotopic (exact) mass is 565 g/mol. The summed E-state index contributed by atoms with van der Waals surface area (Å²) in [6, 6.07) is 32.2. The number of rotatable bonds is 9. The molecule has 0 saturated carbocycles. The van der Waals surface area contributed by atoms with Gasteiger partial charge in [0, 0.05) is 27.1 Å². The summed E-state index contributed by atoms with van der Waals surface area (Å²) in [6.07, 6.45) is 0. The Morgan fingerprint density at radius 1 is 0.850 bits per heavy atom. The molecule has 4 aromatic carbocycles. The number of nitrogens with one attached hydrogen (secondary N) is 2. The number of thiazole rings is 1. The number of aryl methyl sites for hydroxylation is 1. The fraction of sp³-hybridized carbons (Fsp3) is 0.0938. The minimum Gasteiger partial charge on any atom is -0.497 e. The van der Waals surface area contributed by atoms with Gasteiger partial charge in [0.15, 0.2) is 5.13 Å². The molecule has 5 aromatic rings. The lowest BCUT2D eigenvalue weighted by molar-refractivity contribution is -0.115. The number of thioether (sulfide) groups is 1. The number of hydrogen-bond donors (Lipinski definition) is 2. The van der Waals surface area contributed by atoms with Crippen molar-refractivity contribution in [2.75, 3.05) is 17.7 Å². The summed E-state index contributed by atoms with van der Waals surface area (Å²) in [6.45, 7) is 1.98. The number of ether oxygens (including phenoxy) is 1. The van der Waals surface area contributed by atoms with Gasteiger partial charge in [0.25, 0.3) is 5.91 Å². The van der Waals surface area contributed by atoms with Crippen LogP contribution in [0.2, 0.25) is 0 Å². The van der Waals surface area contributed by atoms with Gasteiger partial charge in [-0.3, -0.25) is 9.59 Å². The van der Waals surface area contributed by atoms with E-state index in [1.807, 2.05) is 103 Å². The molecule has 2 amide bonds. The molecular formula is C32H27N3O3S2. The Labute approximate surface area is 241 Å². The lowest BCUT2D eigenvalue weighted by Crippen LogP contribution is -2.19. The third-order valence-corrected chi connectivity index (χ3v) is 8.16. The minimum absolute atomic E-state index is 0.163. The van der Waals surface area contributed by atoms with E-state index in [2.05, 4.69) is 15.6 Å². The van der Waals surface area contributed by atoms with Crippen LogP contribution < -0.4 is 15.4 Å². The van der Waals surface area contributed by atoms with Crippen LogP contribution in [0.15, 0.2) is 113 Å². The summed E-state index contributed by atoms with van der Waals surface area (Å²) in [4.78, 5) is 31.6. The molecule has 0 saturated heterocycles. The second kappa shape index (κ2) is 12.6. The maximum absolute atomic E-state index is 13.5. The number of amides is 2. The second-order valence-electron chi connectivity index (χ2n) is 9.01. The summed E-state index contributed by atoms with van der Waals surface area (Å²) in [5.74, 6) is 0.444. The standard InChI is InChI=1S/C32H27N3O3S2/c1-21-8-10-24(11-9-21)30(36)33-25-14-18-27(19-15-25)40-29(23-6-4-3-5-7-23)31(37)35-32-34-28(20-39-32)22-12-16-26(38-2)17-13-22/h3-20,29H,1-2H3,(H,33,36)(H,34,35,37). The highest BCUT2D eigenvalue weighted by molar-refractivity contribution is 8.00. The molecule has 0 aliphatic heterocycles. The molecule has 200 valence electrons. The second-order valence-corrected chi connectivity index (χ2v) is 11.0. The SMILES string of the molecule is COc1ccc(-c2csc(NC(=O)C(Sc3ccc(NC(=O)c4ccc(C)cc4)cc3)c3ccccc3)n2)cc1. The normalized spacial score (nSPS) is 11.4. The van der Waals surface area contributed by atoms with E-state index in [4.69, 9.17) is 4.74 Å². The number of hydrogen-bond acceptors (Lipinski definition) is 6. The van der Waals surface area contributed by atoms with Gasteiger partial charge in [0.1, 0.15) is 11.0 Å². The topological polar surface area (TPSA) is 80.3 Å². The van der Waals surface area contributed by atoms with Gasteiger partial charge in [0.2, 0.25) is 5.91 Å². The molecule has 1 aromatic heterocycles. The van der Waals surface area contributed by atoms with E-state index >= 15 is 0 Å². The number of aromatic nitrogens is 1. The van der Waals surface area contributed by atoms with Crippen molar-refractivity contribution in [3.63, 3.8) is 0 Å². The van der Waals surface area contributed by atoms with Crippen LogP contribution in [0.4, 0.5) is 10.8 Å². The first-order valence-corrected chi connectivity index (χ1v) is 14.3. The Bertz CT molecular complexity index is 1580. The zero-order valence-corrected chi connectivity index (χ0v) is 23.6. The van der Waals surface area contributed by atoms with Crippen molar-refractivity contribution in [3.8, 4) is 17.0 Å². The van der Waals surface area contributed by atoms with E-state index in [0.29, 0.717) is 16.4 Å². The van der Waals surface area contributed by atoms with Crippen LogP contribution in [0.1, 0.15) is 26.7 Å². The van der Waals surface area contributed by atoms with E-state index < -0.39 is 5.25 Å². The summed E-state index contributed by atoms with van der Waals surface area (Å²) in [5.41, 5.74) is 5.00. The van der Waals surface area contributed by atoms with Gasteiger partial charge in [-0.1, -0.05) is 48.0 Å². The van der Waals surface area contributed by atoms with Crippen molar-refractivity contribution in [2.45, 2.75) is 17.1 Å². The highest BCUT2D eigenvalue weighted by Crippen LogP contribution is 2.37. The molecule has 6 nitrogen and oxygen atoms in total. The van der Waals surface area contributed by atoms with Crippen LogP contribution in [-0.4, -0.2) is 23.9 Å². The van der Waals surface area contributed by atoms with E-state index in [1.54, 1.807) is 19.2 Å². The van der Waals surface area contributed by atoms with E-state index in [0.717, 1.165) is 33.0 Å². The van der Waals surface area contributed by atoms with Crippen LogP contribution >= 0.6 is 23.1 Å². The fourth-order valence-corrected chi connectivity index (χ4v) is 5.71. The third-order valence-electron chi connectivity index (χ3n) is 6.14. The van der Waals surface area contributed by atoms with Crippen LogP contribution in [0.5, 0.6) is 5.75 Å². The van der Waals surface area contributed by atoms with Gasteiger partial charge in [-0.2, -0.15) is 0 Å². The van der Waals surface area contributed by atoms with Crippen molar-refractivity contribution in [3.05, 3.63) is 125 Å². The third kappa shape index (κ3) is 6.77. The molecule has 0 bridgehead atoms. The molecule has 0 aliphatic carbocycles. The summed E-state index contributed by atoms with van der Waals surface area (Å²) in [7, 11) is 1.63. The van der Waals surface area contributed by atoms with Crippen LogP contribution in [0.3, 0.4) is 0 Å². The maximum atomic E-state index is 13.5. The van der Waals surface area contributed by atoms with Crippen molar-refractivity contribution in [2.24, 2.45) is 0 Å². The zero-order valence-electron chi connectivity index (χ0n) is 22.0. The molecule has 2 N–H and O–H groups in total. The Morgan fingerprint density at radius 3 is 2.23 bits per heavy atom. The molecule has 0 radical (unpaired) electrons. The van der Waals surface area contributed by atoms with Gasteiger partial charge in [0.05, 0.1) is 12.8 Å². The molecule has 1 unspecified atom stereocenters. The Morgan fingerprint density at radius 2 is 1.55 bits per heavy atom. The summed E-state index contributed by atoms with van der Waals surface area (Å²) in [5, 5.41) is 7.88. The largest absolute Gasteiger partial charge is 0.497 e. The van der Waals surface area contributed by atoms with Gasteiger partial charge in [-0.05, 0) is 73.2 Å². The molecule has 1 heterocycles. The zero-order chi connectivity index (χ0) is 27.9. The Balaban J connectivity index is 1.28. The van der Waals surface area contributed by atoms with Crippen molar-refractivity contribution in [1.82, 2.24) is 4.98 Å². The van der Waals surface area contributed by atoms with Crippen LogP contribution in [0, 0.1) is 6.92 Å². The average Bonchev–Trinajstić information content (AvgIpc) is 3.46. The number of carbonyl (C=O) groups is 2. The molecule has 1 atom stereocenters. The lowest BCUT2D eigenvalue weighted by atomic mass is 10.1. The molecular weight excluding hydrogens is 539 g/mol. The Kier molecular flexibility index (Phi) is 8.59. The van der Waals surface area contributed by atoms with Crippen LogP contribution in [0.25, 0.3) is 11.3 Å². The van der Waals surface area contributed by atoms with Crippen molar-refractivity contribution in [1.29, 1.82) is 0 Å². The lowest BCUT2D eigenvalue weighted by Gasteiger charge is -2.16. The predicted molar refractivity (Wildman–Crippen MR) is 163 cm³/mol. The molecule has 40 heavy (non-hydrogen) atoms. The maximum Gasteiger partial charge on any atom is 0.255 e. The quantitative estimate of drug-likeness (QED) is 0.178.